The van der Waals surface area contributed by atoms with Crippen molar-refractivity contribution >= 4 is 0 Å². The molecule has 35 heavy (non-hydrogen) atoms. The predicted octanol–water partition coefficient (Wildman–Crippen LogP) is 7.30. The van der Waals surface area contributed by atoms with E-state index >= 15 is 0 Å². The van der Waals surface area contributed by atoms with Crippen LogP contribution in [0.15, 0.2) is 24.3 Å². The van der Waals surface area contributed by atoms with Gasteiger partial charge >= 0.3 is 0 Å². The molecule has 0 aromatic heterocycles. The Labute approximate surface area is 214 Å². The first-order valence-corrected chi connectivity index (χ1v) is 15.0. The molecule has 5 aliphatic rings. The van der Waals surface area contributed by atoms with E-state index in [1.165, 1.54) is 83.7 Å². The Bertz CT molecular complexity index is 863. The van der Waals surface area contributed by atoms with Gasteiger partial charge in [-0.1, -0.05) is 26.0 Å². The molecule has 1 aliphatic heterocycles. The molecule has 4 saturated carbocycles. The Balaban J connectivity index is 1.10. The molecule has 0 amide bonds. The van der Waals surface area contributed by atoms with Crippen LogP contribution in [0.25, 0.3) is 0 Å². The van der Waals surface area contributed by atoms with Gasteiger partial charge in [0.1, 0.15) is 5.75 Å². The van der Waals surface area contributed by atoms with Crippen LogP contribution in [0.1, 0.15) is 96.0 Å². The second-order valence-electron chi connectivity index (χ2n) is 13.4. The largest absolute Gasteiger partial charge is 0.497 e. The van der Waals surface area contributed by atoms with E-state index in [0.717, 1.165) is 48.5 Å². The van der Waals surface area contributed by atoms with Gasteiger partial charge in [0.25, 0.3) is 0 Å². The fraction of sp³-hybridized carbons (Fsp3) is 0.812. The molecule has 0 bridgehead atoms. The maximum atomic E-state index is 6.49. The van der Waals surface area contributed by atoms with E-state index in [-0.39, 0.29) is 0 Å². The fourth-order valence-corrected chi connectivity index (χ4v) is 10.1. The van der Waals surface area contributed by atoms with Crippen molar-refractivity contribution in [1.82, 2.24) is 4.90 Å². The molecule has 3 nitrogen and oxygen atoms in total. The van der Waals surface area contributed by atoms with Crippen molar-refractivity contribution in [2.24, 2.45) is 34.5 Å². The van der Waals surface area contributed by atoms with Crippen LogP contribution in [0.3, 0.4) is 0 Å². The zero-order valence-corrected chi connectivity index (χ0v) is 22.6. The first kappa shape index (κ1) is 24.3. The standard InChI is InChI=1S/C32H49NO2/c1-31-16-14-26(35-21-20-33-18-4-5-19-33)22-24(31)8-11-27-29-13-12-28(32(29,2)17-15-30(27)31)23-6-9-25(34-3)10-7-23/h6-7,9-10,24,26-30H,4-5,8,11-22H2,1-3H3/t24-,26-,27-,28+,29+,30-,31-,32+/m0/s1. The minimum atomic E-state index is 0.481. The van der Waals surface area contributed by atoms with Gasteiger partial charge < -0.3 is 14.4 Å². The summed E-state index contributed by atoms with van der Waals surface area (Å²) in [7, 11) is 1.77. The van der Waals surface area contributed by atoms with Crippen molar-refractivity contribution in [3.63, 3.8) is 0 Å². The lowest BCUT2D eigenvalue weighted by atomic mass is 9.44. The zero-order chi connectivity index (χ0) is 24.0. The molecule has 1 heterocycles. The predicted molar refractivity (Wildman–Crippen MR) is 143 cm³/mol. The SMILES string of the molecule is COc1ccc([C@H]2CC[C@@H]3[C@@H]4CC[C@H]5C[C@@H](OCCN6CCCC6)CC[C@]5(C)[C@H]4CC[C@]23C)cc1. The van der Waals surface area contributed by atoms with E-state index in [9.17, 15) is 0 Å². The average molecular weight is 480 g/mol. The molecular weight excluding hydrogens is 430 g/mol. The number of ether oxygens (including phenoxy) is 2. The lowest BCUT2D eigenvalue weighted by Gasteiger charge is -2.61. The maximum Gasteiger partial charge on any atom is 0.118 e. The highest BCUT2D eigenvalue weighted by molar-refractivity contribution is 5.32. The summed E-state index contributed by atoms with van der Waals surface area (Å²) >= 11 is 0. The number of hydrogen-bond acceptors (Lipinski definition) is 3. The van der Waals surface area contributed by atoms with E-state index in [1.54, 1.807) is 12.7 Å². The van der Waals surface area contributed by atoms with Crippen LogP contribution in [-0.2, 0) is 4.74 Å². The number of nitrogens with zero attached hydrogens (tertiary/aromatic N) is 1. The van der Waals surface area contributed by atoms with Crippen molar-refractivity contribution in [2.75, 3.05) is 33.4 Å². The summed E-state index contributed by atoms with van der Waals surface area (Å²) in [6.07, 6.45) is 15.9. The molecule has 0 unspecified atom stereocenters. The summed E-state index contributed by atoms with van der Waals surface area (Å²) in [6.45, 7) is 10.0. The van der Waals surface area contributed by atoms with Crippen LogP contribution in [0.4, 0.5) is 0 Å². The number of methoxy groups -OCH3 is 1. The minimum Gasteiger partial charge on any atom is -0.497 e. The molecule has 5 fully saturated rings. The molecule has 1 aromatic carbocycles. The number of likely N-dealkylation sites (tertiary alicyclic amines) is 1. The third-order valence-corrected chi connectivity index (χ3v) is 12.1. The van der Waals surface area contributed by atoms with Crippen molar-refractivity contribution in [3.05, 3.63) is 29.8 Å². The first-order valence-electron chi connectivity index (χ1n) is 15.0. The molecule has 1 aromatic rings. The smallest absolute Gasteiger partial charge is 0.118 e. The number of rotatable bonds is 6. The highest BCUT2D eigenvalue weighted by Gasteiger charge is 2.60. The van der Waals surface area contributed by atoms with Crippen LogP contribution < -0.4 is 4.74 Å². The molecule has 8 atom stereocenters. The monoisotopic (exact) mass is 479 g/mol. The third-order valence-electron chi connectivity index (χ3n) is 12.1. The summed E-state index contributed by atoms with van der Waals surface area (Å²) in [5.74, 6) is 5.41. The Morgan fingerprint density at radius 1 is 0.857 bits per heavy atom. The summed E-state index contributed by atoms with van der Waals surface area (Å²) < 4.78 is 11.9. The topological polar surface area (TPSA) is 21.7 Å². The minimum absolute atomic E-state index is 0.481. The Kier molecular flexibility index (Phi) is 6.71. The summed E-state index contributed by atoms with van der Waals surface area (Å²) in [5.41, 5.74) is 2.59. The maximum absolute atomic E-state index is 6.49. The molecule has 0 radical (unpaired) electrons. The van der Waals surface area contributed by atoms with Gasteiger partial charge in [-0.05, 0) is 142 Å². The zero-order valence-electron chi connectivity index (χ0n) is 22.6. The fourth-order valence-electron chi connectivity index (χ4n) is 10.1. The molecule has 0 N–H and O–H groups in total. The second kappa shape index (κ2) is 9.67. The normalized spacial score (nSPS) is 43.4. The quantitative estimate of drug-likeness (QED) is 0.427. The highest BCUT2D eigenvalue weighted by atomic mass is 16.5. The van der Waals surface area contributed by atoms with Gasteiger partial charge in [0.05, 0.1) is 19.8 Å². The Hall–Kier alpha value is -1.06. The summed E-state index contributed by atoms with van der Waals surface area (Å²) in [4.78, 5) is 2.60. The second-order valence-corrected chi connectivity index (χ2v) is 13.4. The summed E-state index contributed by atoms with van der Waals surface area (Å²) in [6, 6.07) is 9.06. The van der Waals surface area contributed by atoms with Crippen molar-refractivity contribution in [2.45, 2.75) is 96.5 Å². The lowest BCUT2D eigenvalue weighted by molar-refractivity contribution is -0.132. The molecule has 4 aliphatic carbocycles. The number of hydrogen-bond donors (Lipinski definition) is 0. The summed E-state index contributed by atoms with van der Waals surface area (Å²) in [5, 5.41) is 0. The van der Waals surface area contributed by atoms with Gasteiger partial charge in [0, 0.05) is 6.54 Å². The lowest BCUT2D eigenvalue weighted by Crippen LogP contribution is -2.54. The molecular formula is C32H49NO2. The molecule has 0 spiro atoms. The van der Waals surface area contributed by atoms with Gasteiger partial charge in [0.15, 0.2) is 0 Å². The van der Waals surface area contributed by atoms with Gasteiger partial charge in [-0.3, -0.25) is 0 Å². The van der Waals surface area contributed by atoms with Gasteiger partial charge in [-0.25, -0.2) is 0 Å². The van der Waals surface area contributed by atoms with Crippen LogP contribution in [0, 0.1) is 34.5 Å². The number of benzene rings is 1. The third kappa shape index (κ3) is 4.27. The van der Waals surface area contributed by atoms with Crippen LogP contribution in [-0.4, -0.2) is 44.4 Å². The van der Waals surface area contributed by atoms with E-state index in [0.29, 0.717) is 16.9 Å². The van der Waals surface area contributed by atoms with E-state index in [1.807, 2.05) is 0 Å². The van der Waals surface area contributed by atoms with Crippen molar-refractivity contribution < 1.29 is 9.47 Å². The molecule has 1 saturated heterocycles. The van der Waals surface area contributed by atoms with Crippen molar-refractivity contribution in [3.8, 4) is 5.75 Å². The first-order chi connectivity index (χ1) is 17.0. The van der Waals surface area contributed by atoms with E-state index in [2.05, 4.69) is 43.0 Å². The van der Waals surface area contributed by atoms with Crippen LogP contribution >= 0.6 is 0 Å². The molecule has 6 rings (SSSR count). The van der Waals surface area contributed by atoms with E-state index in [4.69, 9.17) is 9.47 Å². The van der Waals surface area contributed by atoms with Gasteiger partial charge in [0.2, 0.25) is 0 Å². The molecule has 3 heteroatoms. The van der Waals surface area contributed by atoms with Crippen LogP contribution in [0.2, 0.25) is 0 Å². The number of fused-ring (bicyclic) bond motifs is 5. The average Bonchev–Trinajstić information content (AvgIpc) is 3.51. The van der Waals surface area contributed by atoms with Gasteiger partial charge in [-0.15, -0.1) is 0 Å². The Morgan fingerprint density at radius 3 is 2.37 bits per heavy atom. The van der Waals surface area contributed by atoms with Crippen molar-refractivity contribution in [1.29, 1.82) is 0 Å². The molecule has 194 valence electrons. The van der Waals surface area contributed by atoms with Gasteiger partial charge in [-0.2, -0.15) is 0 Å². The highest BCUT2D eigenvalue weighted by Crippen LogP contribution is 2.69. The van der Waals surface area contributed by atoms with E-state index < -0.39 is 0 Å². The Morgan fingerprint density at radius 2 is 1.60 bits per heavy atom. The van der Waals surface area contributed by atoms with Crippen LogP contribution in [0.5, 0.6) is 5.75 Å².